The van der Waals surface area contributed by atoms with Crippen molar-refractivity contribution in [2.24, 2.45) is 0 Å². The Morgan fingerprint density at radius 2 is 1.54 bits per heavy atom. The highest BCUT2D eigenvalue weighted by atomic mass is 19.4. The molecule has 4 N–H and O–H groups in total. The van der Waals surface area contributed by atoms with Crippen LogP contribution in [0.15, 0.2) is 48.5 Å². The van der Waals surface area contributed by atoms with Crippen LogP contribution in [0.2, 0.25) is 0 Å². The van der Waals surface area contributed by atoms with Gasteiger partial charge in [0, 0.05) is 38.0 Å². The van der Waals surface area contributed by atoms with Gasteiger partial charge in [0.05, 0.1) is 25.9 Å². The molecule has 1 aliphatic heterocycles. The predicted octanol–water partition coefficient (Wildman–Crippen LogP) is 5.71. The number of aliphatic hydroxyl groups is 2. The van der Waals surface area contributed by atoms with Crippen molar-refractivity contribution in [1.82, 2.24) is 10.2 Å². The molecule has 1 aliphatic rings. The Kier molecular flexibility index (Phi) is 18.0. The van der Waals surface area contributed by atoms with Crippen LogP contribution in [0.4, 0.5) is 13.2 Å². The molecule has 0 bridgehead atoms. The SMILES string of the molecule is CCCCCCOc1ccc([C@@H](O)[C@@H](CN2CC[C@H](O)C2)NC(=O)CCCCCC(=O)c2ccc(OC)cc2)cc1.O=C(O)C(F)(F)F. The van der Waals surface area contributed by atoms with Gasteiger partial charge in [0.2, 0.25) is 5.91 Å². The topological polar surface area (TPSA) is 146 Å². The summed E-state index contributed by atoms with van der Waals surface area (Å²) in [6.07, 6.45) is 1.81. The average molecular weight is 683 g/mol. The lowest BCUT2D eigenvalue weighted by Gasteiger charge is -2.29. The number of hydrogen-bond acceptors (Lipinski definition) is 8. The molecule has 1 fully saturated rings. The number of carbonyl (C=O) groups excluding carboxylic acids is 2. The summed E-state index contributed by atoms with van der Waals surface area (Å²) in [4.78, 5) is 36.3. The highest BCUT2D eigenvalue weighted by molar-refractivity contribution is 5.96. The molecule has 0 radical (unpaired) electrons. The van der Waals surface area contributed by atoms with Crippen molar-refractivity contribution in [3.05, 3.63) is 59.7 Å². The molecule has 268 valence electrons. The van der Waals surface area contributed by atoms with Gasteiger partial charge in [-0.3, -0.25) is 14.5 Å². The molecular weight excluding hydrogens is 633 g/mol. The summed E-state index contributed by atoms with van der Waals surface area (Å²) >= 11 is 0. The summed E-state index contributed by atoms with van der Waals surface area (Å²) < 4.78 is 42.7. The molecule has 1 saturated heterocycles. The van der Waals surface area contributed by atoms with Crippen molar-refractivity contribution < 1.29 is 52.3 Å². The van der Waals surface area contributed by atoms with Crippen molar-refractivity contribution in [2.45, 2.75) is 95.6 Å². The van der Waals surface area contributed by atoms with Crippen LogP contribution in [-0.4, -0.2) is 89.6 Å². The smallest absolute Gasteiger partial charge is 0.490 e. The molecule has 2 aromatic carbocycles. The molecule has 48 heavy (non-hydrogen) atoms. The van der Waals surface area contributed by atoms with Gasteiger partial charge in [-0.15, -0.1) is 0 Å². The van der Waals surface area contributed by atoms with Gasteiger partial charge < -0.3 is 30.1 Å². The molecule has 0 unspecified atom stereocenters. The lowest BCUT2D eigenvalue weighted by Crippen LogP contribution is -2.47. The van der Waals surface area contributed by atoms with E-state index in [1.165, 1.54) is 12.8 Å². The van der Waals surface area contributed by atoms with Gasteiger partial charge in [-0.1, -0.05) is 44.7 Å². The number of ketones is 1. The number of unbranched alkanes of at least 4 members (excludes halogenated alkanes) is 5. The number of ether oxygens (including phenoxy) is 2. The van der Waals surface area contributed by atoms with Crippen LogP contribution in [0.1, 0.15) is 93.2 Å². The molecule has 0 aromatic heterocycles. The number of halogens is 3. The van der Waals surface area contributed by atoms with E-state index >= 15 is 0 Å². The van der Waals surface area contributed by atoms with E-state index < -0.39 is 24.3 Å². The number of hydrogen-bond donors (Lipinski definition) is 4. The zero-order chi connectivity index (χ0) is 35.5. The maximum absolute atomic E-state index is 12.9. The van der Waals surface area contributed by atoms with Crippen LogP contribution >= 0.6 is 0 Å². The maximum Gasteiger partial charge on any atom is 0.490 e. The van der Waals surface area contributed by atoms with E-state index in [0.717, 1.165) is 37.3 Å². The number of carboxylic acid groups (broad SMARTS) is 1. The number of aliphatic hydroxyl groups excluding tert-OH is 2. The summed E-state index contributed by atoms with van der Waals surface area (Å²) in [5.41, 5.74) is 1.38. The lowest BCUT2D eigenvalue weighted by atomic mass is 10.0. The fraction of sp³-hybridized carbons (Fsp3) is 0.571. The lowest BCUT2D eigenvalue weighted by molar-refractivity contribution is -0.192. The number of likely N-dealkylation sites (tertiary alicyclic amines) is 1. The second-order valence-electron chi connectivity index (χ2n) is 11.8. The zero-order valence-electron chi connectivity index (χ0n) is 27.7. The molecule has 2 aromatic rings. The van der Waals surface area contributed by atoms with Gasteiger partial charge in [-0.25, -0.2) is 4.79 Å². The summed E-state index contributed by atoms with van der Waals surface area (Å²) in [5, 5.41) is 31.4. The Morgan fingerprint density at radius 3 is 2.10 bits per heavy atom. The van der Waals surface area contributed by atoms with Crippen LogP contribution < -0.4 is 14.8 Å². The minimum atomic E-state index is -5.08. The quantitative estimate of drug-likeness (QED) is 0.108. The van der Waals surface area contributed by atoms with Crippen LogP contribution in [-0.2, 0) is 9.59 Å². The number of aliphatic carboxylic acids is 1. The first kappa shape index (κ1) is 40.5. The molecule has 1 amide bonds. The largest absolute Gasteiger partial charge is 0.497 e. The summed E-state index contributed by atoms with van der Waals surface area (Å²) in [5.74, 6) is -1.31. The van der Waals surface area contributed by atoms with E-state index in [1.54, 1.807) is 31.4 Å². The molecule has 0 aliphatic carbocycles. The molecular formula is C35H49F3N2O8. The van der Waals surface area contributed by atoms with Gasteiger partial charge in [0.25, 0.3) is 0 Å². The third kappa shape index (κ3) is 15.5. The number of amides is 1. The summed E-state index contributed by atoms with van der Waals surface area (Å²) in [7, 11) is 1.59. The number of methoxy groups -OCH3 is 1. The fourth-order valence-electron chi connectivity index (χ4n) is 5.14. The third-order valence-electron chi connectivity index (χ3n) is 7.88. The van der Waals surface area contributed by atoms with E-state index in [9.17, 15) is 33.0 Å². The Balaban J connectivity index is 0.00000103. The minimum Gasteiger partial charge on any atom is -0.497 e. The molecule has 0 saturated carbocycles. The van der Waals surface area contributed by atoms with Crippen molar-refractivity contribution >= 4 is 17.7 Å². The highest BCUT2D eigenvalue weighted by Crippen LogP contribution is 2.23. The number of benzene rings is 2. The Labute approximate surface area is 280 Å². The Bertz CT molecular complexity index is 1240. The zero-order valence-corrected chi connectivity index (χ0v) is 27.7. The van der Waals surface area contributed by atoms with Gasteiger partial charge in [0.15, 0.2) is 5.78 Å². The number of rotatable bonds is 19. The average Bonchev–Trinajstić information content (AvgIpc) is 3.48. The Morgan fingerprint density at radius 1 is 0.938 bits per heavy atom. The normalized spacial score (nSPS) is 15.9. The van der Waals surface area contributed by atoms with Crippen LogP contribution in [0.25, 0.3) is 0 Å². The molecule has 13 heteroatoms. The number of carboxylic acids is 1. The number of Topliss-reactive ketones (excluding diaryl/α,β-unsaturated/α-hetero) is 1. The van der Waals surface area contributed by atoms with Crippen molar-refractivity contribution in [1.29, 1.82) is 0 Å². The number of β-amino-alcohol motifs (C(OH)–C–C–N with tert-alkyl or cyclic N) is 1. The third-order valence-corrected chi connectivity index (χ3v) is 7.88. The number of nitrogens with one attached hydrogen (secondary N) is 1. The second-order valence-corrected chi connectivity index (χ2v) is 11.8. The number of nitrogens with zero attached hydrogens (tertiary/aromatic N) is 1. The van der Waals surface area contributed by atoms with E-state index in [1.807, 2.05) is 24.3 Å². The van der Waals surface area contributed by atoms with Crippen molar-refractivity contribution in [3.63, 3.8) is 0 Å². The standard InChI is InChI=1S/C33H48N2O6.C2HF3O2/c1-3-4-5-9-22-41-29-18-14-26(15-19-29)33(39)30(24-35-21-20-27(36)23-35)34-32(38)11-8-6-7-10-31(37)25-12-16-28(40-2)17-13-25;3-2(4,5)1(6)7/h12-19,27,30,33,36,39H,3-11,20-24H2,1-2H3,(H,34,38);(H,6,7)/t27-,30+,33+;/m0./s1. The van der Waals surface area contributed by atoms with Gasteiger partial charge in [-0.2, -0.15) is 13.2 Å². The van der Waals surface area contributed by atoms with Gasteiger partial charge in [-0.05, 0) is 67.6 Å². The summed E-state index contributed by atoms with van der Waals surface area (Å²) in [6.45, 7) is 4.57. The predicted molar refractivity (Wildman–Crippen MR) is 174 cm³/mol. The van der Waals surface area contributed by atoms with Crippen LogP contribution in [0.3, 0.4) is 0 Å². The van der Waals surface area contributed by atoms with Crippen molar-refractivity contribution in [3.8, 4) is 11.5 Å². The van der Waals surface area contributed by atoms with E-state index in [2.05, 4.69) is 17.1 Å². The van der Waals surface area contributed by atoms with Crippen LogP contribution in [0, 0.1) is 0 Å². The number of alkyl halides is 3. The molecule has 3 atom stereocenters. The summed E-state index contributed by atoms with van der Waals surface area (Å²) in [6, 6.07) is 14.0. The van der Waals surface area contributed by atoms with E-state index in [-0.39, 0.29) is 17.8 Å². The highest BCUT2D eigenvalue weighted by Gasteiger charge is 2.38. The molecule has 0 spiro atoms. The monoisotopic (exact) mass is 682 g/mol. The molecule has 1 heterocycles. The molecule has 10 nitrogen and oxygen atoms in total. The number of carbonyl (C=O) groups is 3. The first-order valence-electron chi connectivity index (χ1n) is 16.4. The van der Waals surface area contributed by atoms with Crippen LogP contribution in [0.5, 0.6) is 11.5 Å². The van der Waals surface area contributed by atoms with E-state index in [0.29, 0.717) is 62.9 Å². The maximum atomic E-state index is 12.9. The van der Waals surface area contributed by atoms with E-state index in [4.69, 9.17) is 19.4 Å². The first-order valence-corrected chi connectivity index (χ1v) is 16.4. The Hall–Kier alpha value is -3.68. The van der Waals surface area contributed by atoms with Crippen molar-refractivity contribution in [2.75, 3.05) is 33.4 Å². The second kappa shape index (κ2) is 21.3. The van der Waals surface area contributed by atoms with Gasteiger partial charge >= 0.3 is 12.1 Å². The molecule has 3 rings (SSSR count). The first-order chi connectivity index (χ1) is 22.8. The minimum absolute atomic E-state index is 0.0843. The fourth-order valence-corrected chi connectivity index (χ4v) is 5.14. The van der Waals surface area contributed by atoms with Gasteiger partial charge in [0.1, 0.15) is 17.6 Å².